The zero-order valence-electron chi connectivity index (χ0n) is 10.1. The van der Waals surface area contributed by atoms with Gasteiger partial charge in [0.1, 0.15) is 31.3 Å². The van der Waals surface area contributed by atoms with Crippen LogP contribution in [0.2, 0.25) is 5.02 Å². The molecule has 5 heteroatoms. The monoisotopic (exact) mass is 276 g/mol. The smallest absolute Gasteiger partial charge is 0.136 e. The maximum Gasteiger partial charge on any atom is 0.136 e. The highest BCUT2D eigenvalue weighted by Gasteiger charge is 2.60. The van der Waals surface area contributed by atoms with Crippen molar-refractivity contribution >= 4 is 11.6 Å². The van der Waals surface area contributed by atoms with Gasteiger partial charge in [0.05, 0.1) is 12.0 Å². The quantitative estimate of drug-likeness (QED) is 0.743. The van der Waals surface area contributed by atoms with Gasteiger partial charge < -0.3 is 9.47 Å². The van der Waals surface area contributed by atoms with Gasteiger partial charge in [-0.3, -0.25) is 8.78 Å². The average Bonchev–Trinajstić information content (AvgIpc) is 3.19. The second kappa shape index (κ2) is 5.02. The average molecular weight is 277 g/mol. The normalized spacial score (nSPS) is 22.9. The van der Waals surface area contributed by atoms with Gasteiger partial charge in [0.25, 0.3) is 0 Å². The first kappa shape index (κ1) is 13.6. The first-order valence-corrected chi connectivity index (χ1v) is 6.07. The van der Waals surface area contributed by atoms with E-state index < -0.39 is 24.4 Å². The van der Waals surface area contributed by atoms with E-state index in [0.29, 0.717) is 17.4 Å². The molecule has 0 radical (unpaired) electrons. The Kier molecular flexibility index (Phi) is 3.78. The molecule has 1 heterocycles. The summed E-state index contributed by atoms with van der Waals surface area (Å²) in [6.07, 6.45) is 0. The standard InChI is InChI=1S/C13H15ClF2O2/c1-12(6-15,7-16)13(9-18-13)8-17-11-4-2-10(14)3-5-11/h2-5H,6-9H2,1H3. The molecule has 1 aliphatic heterocycles. The van der Waals surface area contributed by atoms with Gasteiger partial charge in [-0.05, 0) is 24.3 Å². The van der Waals surface area contributed by atoms with Crippen molar-refractivity contribution in [2.45, 2.75) is 12.5 Å². The highest BCUT2D eigenvalue weighted by Crippen LogP contribution is 2.45. The summed E-state index contributed by atoms with van der Waals surface area (Å²) in [7, 11) is 0. The summed E-state index contributed by atoms with van der Waals surface area (Å²) in [6, 6.07) is 6.81. The number of hydrogen-bond acceptors (Lipinski definition) is 2. The Morgan fingerprint density at radius 2 is 1.89 bits per heavy atom. The van der Waals surface area contributed by atoms with Gasteiger partial charge >= 0.3 is 0 Å². The minimum absolute atomic E-state index is 0.138. The van der Waals surface area contributed by atoms with E-state index in [9.17, 15) is 8.78 Å². The van der Waals surface area contributed by atoms with E-state index in [1.807, 2.05) is 0 Å². The summed E-state index contributed by atoms with van der Waals surface area (Å²) in [5.74, 6) is 0.606. The summed E-state index contributed by atoms with van der Waals surface area (Å²) in [4.78, 5) is 0. The minimum atomic E-state index is -1.14. The molecular weight excluding hydrogens is 262 g/mol. The summed E-state index contributed by atoms with van der Waals surface area (Å²) >= 11 is 5.75. The molecule has 1 aliphatic rings. The van der Waals surface area contributed by atoms with E-state index in [1.54, 1.807) is 24.3 Å². The lowest BCUT2D eigenvalue weighted by Crippen LogP contribution is -2.44. The van der Waals surface area contributed by atoms with Crippen molar-refractivity contribution < 1.29 is 18.3 Å². The molecule has 100 valence electrons. The fourth-order valence-corrected chi connectivity index (χ4v) is 1.83. The van der Waals surface area contributed by atoms with Crippen LogP contribution in [0.15, 0.2) is 24.3 Å². The zero-order valence-corrected chi connectivity index (χ0v) is 10.8. The summed E-state index contributed by atoms with van der Waals surface area (Å²) in [6.45, 7) is 0.454. The second-order valence-corrected chi connectivity index (χ2v) is 5.29. The third kappa shape index (κ3) is 2.45. The van der Waals surface area contributed by atoms with Gasteiger partial charge in [0.15, 0.2) is 0 Å². The second-order valence-electron chi connectivity index (χ2n) is 4.85. The maximum atomic E-state index is 13.0. The molecule has 0 spiro atoms. The van der Waals surface area contributed by atoms with Crippen LogP contribution >= 0.6 is 11.6 Å². The van der Waals surface area contributed by atoms with Gasteiger partial charge in [-0.1, -0.05) is 18.5 Å². The van der Waals surface area contributed by atoms with Crippen molar-refractivity contribution in [2.24, 2.45) is 5.41 Å². The third-order valence-corrected chi connectivity index (χ3v) is 3.72. The predicted octanol–water partition coefficient (Wildman–Crippen LogP) is 3.43. The Morgan fingerprint density at radius 1 is 1.33 bits per heavy atom. The Morgan fingerprint density at radius 3 is 2.33 bits per heavy atom. The SMILES string of the molecule is CC(CF)(CF)C1(COc2ccc(Cl)cc2)CO1. The number of rotatable bonds is 6. The van der Waals surface area contributed by atoms with E-state index in [1.165, 1.54) is 6.92 Å². The molecule has 1 unspecified atom stereocenters. The number of ether oxygens (including phenoxy) is 2. The molecule has 1 aromatic carbocycles. The van der Waals surface area contributed by atoms with E-state index in [4.69, 9.17) is 21.1 Å². The topological polar surface area (TPSA) is 21.8 Å². The Labute approximate surface area is 110 Å². The first-order valence-electron chi connectivity index (χ1n) is 5.69. The van der Waals surface area contributed by atoms with E-state index in [2.05, 4.69) is 0 Å². The van der Waals surface area contributed by atoms with Crippen LogP contribution in [-0.2, 0) is 4.74 Å². The summed E-state index contributed by atoms with van der Waals surface area (Å²) in [5, 5.41) is 0.608. The van der Waals surface area contributed by atoms with Crippen LogP contribution in [-0.4, -0.2) is 32.2 Å². The number of hydrogen-bond donors (Lipinski definition) is 0. The van der Waals surface area contributed by atoms with E-state index >= 15 is 0 Å². The maximum absolute atomic E-state index is 13.0. The molecular formula is C13H15ClF2O2. The van der Waals surface area contributed by atoms with Crippen LogP contribution in [0.25, 0.3) is 0 Å². The minimum Gasteiger partial charge on any atom is -0.490 e. The molecule has 0 saturated carbocycles. The highest BCUT2D eigenvalue weighted by molar-refractivity contribution is 6.30. The van der Waals surface area contributed by atoms with Gasteiger partial charge in [-0.15, -0.1) is 0 Å². The number of halogens is 3. The van der Waals surface area contributed by atoms with E-state index in [0.717, 1.165) is 0 Å². The largest absolute Gasteiger partial charge is 0.490 e. The molecule has 2 nitrogen and oxygen atoms in total. The van der Waals surface area contributed by atoms with E-state index in [-0.39, 0.29) is 6.61 Å². The Balaban J connectivity index is 1.99. The molecule has 0 bridgehead atoms. The van der Waals surface area contributed by atoms with Crippen LogP contribution in [0, 0.1) is 5.41 Å². The molecule has 2 rings (SSSR count). The molecule has 0 aliphatic carbocycles. The first-order chi connectivity index (χ1) is 8.55. The number of alkyl halides is 2. The fraction of sp³-hybridized carbons (Fsp3) is 0.538. The van der Waals surface area contributed by atoms with Crippen molar-refractivity contribution in [3.63, 3.8) is 0 Å². The number of epoxide rings is 1. The summed E-state index contributed by atoms with van der Waals surface area (Å²) < 4.78 is 36.7. The summed E-state index contributed by atoms with van der Waals surface area (Å²) in [5.41, 5.74) is -1.99. The van der Waals surface area contributed by atoms with Crippen molar-refractivity contribution in [3.8, 4) is 5.75 Å². The van der Waals surface area contributed by atoms with Crippen LogP contribution in [0.5, 0.6) is 5.75 Å². The lowest BCUT2D eigenvalue weighted by Gasteiger charge is -2.29. The van der Waals surface area contributed by atoms with Crippen molar-refractivity contribution in [1.82, 2.24) is 0 Å². The van der Waals surface area contributed by atoms with Gasteiger partial charge in [0.2, 0.25) is 0 Å². The van der Waals surface area contributed by atoms with Gasteiger partial charge in [-0.25, -0.2) is 0 Å². The molecule has 1 saturated heterocycles. The van der Waals surface area contributed by atoms with Crippen molar-refractivity contribution in [3.05, 3.63) is 29.3 Å². The molecule has 18 heavy (non-hydrogen) atoms. The van der Waals surface area contributed by atoms with Crippen LogP contribution in [0.3, 0.4) is 0 Å². The molecule has 0 amide bonds. The van der Waals surface area contributed by atoms with Crippen LogP contribution < -0.4 is 4.74 Å². The van der Waals surface area contributed by atoms with Crippen LogP contribution in [0.4, 0.5) is 8.78 Å². The molecule has 0 N–H and O–H groups in total. The Hall–Kier alpha value is -0.870. The highest BCUT2D eigenvalue weighted by atomic mass is 35.5. The van der Waals surface area contributed by atoms with Crippen molar-refractivity contribution in [2.75, 3.05) is 26.6 Å². The molecule has 1 fully saturated rings. The predicted molar refractivity (Wildman–Crippen MR) is 65.7 cm³/mol. The van der Waals surface area contributed by atoms with Crippen molar-refractivity contribution in [1.29, 1.82) is 0 Å². The fourth-order valence-electron chi connectivity index (χ4n) is 1.70. The third-order valence-electron chi connectivity index (χ3n) is 3.47. The zero-order chi connectivity index (χ0) is 13.2. The molecule has 1 aromatic rings. The molecule has 0 aromatic heterocycles. The molecule has 1 atom stereocenters. The lowest BCUT2D eigenvalue weighted by atomic mass is 9.80. The van der Waals surface area contributed by atoms with Gasteiger partial charge in [-0.2, -0.15) is 0 Å². The van der Waals surface area contributed by atoms with Crippen LogP contribution in [0.1, 0.15) is 6.92 Å². The Bertz CT molecular complexity index is 400. The lowest BCUT2D eigenvalue weighted by molar-refractivity contribution is 0.0274. The van der Waals surface area contributed by atoms with Gasteiger partial charge in [0, 0.05) is 5.02 Å². The number of benzene rings is 1.